The molecule has 2 N–H and O–H groups in total. The summed E-state index contributed by atoms with van der Waals surface area (Å²) in [6, 6.07) is 12.0. The Morgan fingerprint density at radius 3 is 2.94 bits per heavy atom. The fourth-order valence-electron chi connectivity index (χ4n) is 4.39. The minimum atomic E-state index is -1.91. The van der Waals surface area contributed by atoms with Crippen LogP contribution in [0.1, 0.15) is 18.1 Å². The van der Waals surface area contributed by atoms with Gasteiger partial charge in [-0.1, -0.05) is 24.3 Å². The van der Waals surface area contributed by atoms with Gasteiger partial charge in [0.25, 0.3) is 0 Å². The number of benzene rings is 1. The number of pyridine rings is 2. The van der Waals surface area contributed by atoms with Crippen molar-refractivity contribution in [3.8, 4) is 22.5 Å². The lowest BCUT2D eigenvalue weighted by Gasteiger charge is -2.34. The quantitative estimate of drug-likeness (QED) is 0.432. The molecule has 170 valence electrons. The molecule has 1 unspecified atom stereocenters. The fraction of sp³-hybridized carbons (Fsp3) is 0.292. The summed E-state index contributed by atoms with van der Waals surface area (Å²) < 4.78 is 26.5. The Morgan fingerprint density at radius 1 is 1.30 bits per heavy atom. The summed E-state index contributed by atoms with van der Waals surface area (Å²) in [5.74, 6) is 0.946. The van der Waals surface area contributed by atoms with Crippen molar-refractivity contribution < 1.29 is 13.5 Å². The minimum absolute atomic E-state index is 0.0874. The van der Waals surface area contributed by atoms with Gasteiger partial charge in [0.15, 0.2) is 11.1 Å². The molecule has 5 rings (SSSR count). The highest BCUT2D eigenvalue weighted by molar-refractivity contribution is 7.78. The van der Waals surface area contributed by atoms with Crippen LogP contribution in [0.5, 0.6) is 0 Å². The first-order valence-electron chi connectivity index (χ1n) is 10.8. The highest BCUT2D eigenvalue weighted by Gasteiger charge is 2.24. The largest absolute Gasteiger partial charge is 0.377 e. The van der Waals surface area contributed by atoms with Crippen LogP contribution >= 0.6 is 0 Å². The molecule has 0 radical (unpaired) electrons. The Balaban J connectivity index is 1.78. The van der Waals surface area contributed by atoms with E-state index in [0.29, 0.717) is 13.2 Å². The molecule has 1 aliphatic heterocycles. The van der Waals surface area contributed by atoms with Crippen LogP contribution in [0.3, 0.4) is 0 Å². The number of anilines is 1. The average molecular weight is 464 g/mol. The summed E-state index contributed by atoms with van der Waals surface area (Å²) in [6.45, 7) is 6.21. The van der Waals surface area contributed by atoms with E-state index in [0.717, 1.165) is 56.9 Å². The summed E-state index contributed by atoms with van der Waals surface area (Å²) in [4.78, 5) is 12.1. The highest BCUT2D eigenvalue weighted by atomic mass is 32.2. The topological polar surface area (TPSA) is 104 Å². The van der Waals surface area contributed by atoms with Gasteiger partial charge >= 0.3 is 0 Å². The van der Waals surface area contributed by atoms with E-state index < -0.39 is 11.1 Å². The second kappa shape index (κ2) is 9.01. The molecular formula is C24H25N5O3S. The zero-order valence-electron chi connectivity index (χ0n) is 18.5. The first-order valence-corrected chi connectivity index (χ1v) is 12.1. The Hall–Kier alpha value is -3.14. The van der Waals surface area contributed by atoms with Crippen LogP contribution in [-0.4, -0.2) is 54.7 Å². The predicted molar refractivity (Wildman–Crippen MR) is 129 cm³/mol. The number of morpholine rings is 1. The number of hydrogen-bond donors (Lipinski definition) is 2. The molecule has 4 aromatic rings. The summed E-state index contributed by atoms with van der Waals surface area (Å²) in [5.41, 5.74) is 6.13. The number of fused-ring (bicyclic) bond motifs is 1. The van der Waals surface area contributed by atoms with Crippen molar-refractivity contribution in [3.63, 3.8) is 0 Å². The lowest BCUT2D eigenvalue weighted by molar-refractivity contribution is 0.0986. The monoisotopic (exact) mass is 463 g/mol. The number of hydrogen-bond acceptors (Lipinski definition) is 6. The molecular weight excluding hydrogens is 438 g/mol. The first-order chi connectivity index (χ1) is 16.0. The zero-order chi connectivity index (χ0) is 22.9. The van der Waals surface area contributed by atoms with Crippen molar-refractivity contribution in [3.05, 3.63) is 59.9 Å². The van der Waals surface area contributed by atoms with E-state index in [-0.39, 0.29) is 11.8 Å². The van der Waals surface area contributed by atoms with Crippen LogP contribution in [0.2, 0.25) is 0 Å². The molecule has 1 fully saturated rings. The number of aromatic nitrogens is 4. The number of aryl methyl sites for hydroxylation is 1. The Morgan fingerprint density at radius 2 is 2.18 bits per heavy atom. The van der Waals surface area contributed by atoms with Crippen molar-refractivity contribution >= 4 is 27.8 Å². The summed E-state index contributed by atoms with van der Waals surface area (Å²) in [6.07, 6.45) is 3.56. The van der Waals surface area contributed by atoms with Crippen LogP contribution < -0.4 is 4.90 Å². The molecule has 1 aliphatic rings. The van der Waals surface area contributed by atoms with Gasteiger partial charge in [-0.05, 0) is 48.2 Å². The van der Waals surface area contributed by atoms with E-state index in [1.807, 2.05) is 43.5 Å². The number of rotatable bonds is 5. The smallest absolute Gasteiger partial charge is 0.157 e. The molecule has 1 aromatic carbocycles. The first kappa shape index (κ1) is 21.7. The summed E-state index contributed by atoms with van der Waals surface area (Å²) in [7, 11) is 0. The standard InChI is InChI=1S/C24H25N5O3S/c1-15-12-25-23(20-6-7-26-28-20)24-22(15)19(18-5-3-4-17(10-18)14-33(30)31)11-21(27-24)29-8-9-32-13-16(29)2/h3-7,10-12,16H,8-9,13-14H2,1-2H3,(H,26,28)(H,30,31)/t16-/m1/s1. The molecule has 0 amide bonds. The number of H-pyrrole nitrogens is 1. The minimum Gasteiger partial charge on any atom is -0.377 e. The zero-order valence-corrected chi connectivity index (χ0v) is 19.3. The second-order valence-electron chi connectivity index (χ2n) is 8.30. The van der Waals surface area contributed by atoms with Gasteiger partial charge in [0, 0.05) is 24.3 Å². The lowest BCUT2D eigenvalue weighted by Crippen LogP contribution is -2.44. The number of nitrogens with one attached hydrogen (secondary N) is 1. The van der Waals surface area contributed by atoms with E-state index >= 15 is 0 Å². The van der Waals surface area contributed by atoms with Crippen molar-refractivity contribution in [1.82, 2.24) is 20.2 Å². The Bertz CT molecular complexity index is 1330. The molecule has 0 bridgehead atoms. The van der Waals surface area contributed by atoms with Crippen LogP contribution in [0.4, 0.5) is 5.82 Å². The normalized spacial score (nSPS) is 17.4. The fourth-order valence-corrected chi connectivity index (χ4v) is 4.85. The van der Waals surface area contributed by atoms with Gasteiger partial charge in [-0.3, -0.25) is 10.1 Å². The number of aromatic amines is 1. The highest BCUT2D eigenvalue weighted by Crippen LogP contribution is 2.37. The molecule has 4 heterocycles. The van der Waals surface area contributed by atoms with Gasteiger partial charge in [0.2, 0.25) is 0 Å². The second-order valence-corrected chi connectivity index (χ2v) is 9.23. The number of ether oxygens (including phenoxy) is 1. The van der Waals surface area contributed by atoms with E-state index in [1.54, 1.807) is 6.20 Å². The van der Waals surface area contributed by atoms with Gasteiger partial charge in [-0.15, -0.1) is 0 Å². The van der Waals surface area contributed by atoms with Crippen LogP contribution in [0.25, 0.3) is 33.4 Å². The third kappa shape index (κ3) is 4.27. The molecule has 0 aliphatic carbocycles. The lowest BCUT2D eigenvalue weighted by atomic mass is 9.96. The predicted octanol–water partition coefficient (Wildman–Crippen LogP) is 3.94. The van der Waals surface area contributed by atoms with Crippen molar-refractivity contribution in [2.45, 2.75) is 25.6 Å². The third-order valence-electron chi connectivity index (χ3n) is 5.96. The van der Waals surface area contributed by atoms with Crippen LogP contribution in [0.15, 0.2) is 48.8 Å². The van der Waals surface area contributed by atoms with Gasteiger partial charge < -0.3 is 14.2 Å². The summed E-state index contributed by atoms with van der Waals surface area (Å²) in [5, 5.41) is 8.12. The van der Waals surface area contributed by atoms with Crippen molar-refractivity contribution in [1.29, 1.82) is 0 Å². The van der Waals surface area contributed by atoms with Crippen LogP contribution in [-0.2, 0) is 21.6 Å². The molecule has 1 saturated heterocycles. The summed E-state index contributed by atoms with van der Waals surface area (Å²) >= 11 is -1.91. The maximum absolute atomic E-state index is 11.4. The van der Waals surface area contributed by atoms with Crippen molar-refractivity contribution in [2.24, 2.45) is 0 Å². The SMILES string of the molecule is Cc1cnc(-c2ccn[nH]2)c2nc(N3CCOC[C@H]3C)cc(-c3cccc(CS(=O)O)c3)c12. The van der Waals surface area contributed by atoms with Crippen molar-refractivity contribution in [2.75, 3.05) is 24.7 Å². The molecule has 33 heavy (non-hydrogen) atoms. The van der Waals surface area contributed by atoms with Gasteiger partial charge in [-0.25, -0.2) is 9.19 Å². The van der Waals surface area contributed by atoms with E-state index in [1.165, 1.54) is 0 Å². The molecule has 2 atom stereocenters. The molecule has 0 spiro atoms. The van der Waals surface area contributed by atoms with E-state index in [9.17, 15) is 8.76 Å². The Kier molecular flexibility index (Phi) is 5.92. The third-order valence-corrected chi connectivity index (χ3v) is 6.54. The van der Waals surface area contributed by atoms with Gasteiger partial charge in [0.1, 0.15) is 17.0 Å². The average Bonchev–Trinajstić information content (AvgIpc) is 3.33. The van der Waals surface area contributed by atoms with Crippen LogP contribution in [0, 0.1) is 6.92 Å². The maximum Gasteiger partial charge on any atom is 0.157 e. The van der Waals surface area contributed by atoms with Gasteiger partial charge in [-0.2, -0.15) is 5.10 Å². The van der Waals surface area contributed by atoms with E-state index in [2.05, 4.69) is 28.1 Å². The molecule has 9 heteroatoms. The molecule has 0 saturated carbocycles. The van der Waals surface area contributed by atoms with E-state index in [4.69, 9.17) is 14.7 Å². The maximum atomic E-state index is 11.4. The molecule has 8 nitrogen and oxygen atoms in total. The molecule has 3 aromatic heterocycles. The van der Waals surface area contributed by atoms with Gasteiger partial charge in [0.05, 0.1) is 30.7 Å². The number of nitrogens with zero attached hydrogens (tertiary/aromatic N) is 4. The Labute approximate surface area is 194 Å².